The van der Waals surface area contributed by atoms with E-state index >= 15 is 0 Å². The molecule has 0 radical (unpaired) electrons. The molecule has 0 spiro atoms. The molecule has 0 saturated heterocycles. The smallest absolute Gasteiger partial charge is 0.146 e. The molecular formula is C36H20O2. The van der Waals surface area contributed by atoms with E-state index in [1.54, 1.807) is 0 Å². The van der Waals surface area contributed by atoms with E-state index in [-0.39, 0.29) is 0 Å². The standard InChI is InChI=1S/C36H20O2/c1-37-35-29-23-11-9-17-5-3-7-19(27(17)29)21-13-14-22-20-8-4-6-18-10-12-24-26-16-15-25(23)33(35)34(26)36(38-2,30(24)28(18)20)32(22)31(21)35/h3-16H,1-2H3. The Hall–Kier alpha value is -4.24. The second-order valence-corrected chi connectivity index (χ2v) is 11.4. The zero-order chi connectivity index (χ0) is 24.7. The number of ether oxygens (including phenoxy) is 2. The van der Waals surface area contributed by atoms with Crippen LogP contribution < -0.4 is 0 Å². The molecule has 2 nitrogen and oxygen atoms in total. The van der Waals surface area contributed by atoms with Crippen LogP contribution in [-0.4, -0.2) is 14.2 Å². The third-order valence-corrected chi connectivity index (χ3v) is 10.4. The Morgan fingerprint density at radius 3 is 1.11 bits per heavy atom. The monoisotopic (exact) mass is 484 g/mol. The van der Waals surface area contributed by atoms with E-state index in [0.29, 0.717) is 0 Å². The maximum Gasteiger partial charge on any atom is 0.146 e. The molecule has 5 aliphatic carbocycles. The van der Waals surface area contributed by atoms with Crippen molar-refractivity contribution < 1.29 is 9.47 Å². The molecule has 6 aromatic carbocycles. The molecule has 5 aliphatic rings. The summed E-state index contributed by atoms with van der Waals surface area (Å²) in [6.07, 6.45) is 0. The van der Waals surface area contributed by atoms with E-state index in [1.807, 2.05) is 14.2 Å². The summed E-state index contributed by atoms with van der Waals surface area (Å²) in [5.74, 6) is 0. The van der Waals surface area contributed by atoms with Crippen LogP contribution in [0.25, 0.3) is 66.1 Å². The molecule has 2 heteroatoms. The van der Waals surface area contributed by atoms with Crippen molar-refractivity contribution in [3.63, 3.8) is 0 Å². The van der Waals surface area contributed by atoms with E-state index < -0.39 is 11.2 Å². The molecule has 11 rings (SSSR count). The van der Waals surface area contributed by atoms with E-state index in [1.165, 1.54) is 99.4 Å². The zero-order valence-corrected chi connectivity index (χ0v) is 20.9. The largest absolute Gasteiger partial charge is 0.364 e. The van der Waals surface area contributed by atoms with E-state index in [9.17, 15) is 0 Å². The molecule has 0 aromatic heterocycles. The van der Waals surface area contributed by atoms with Gasteiger partial charge in [-0.1, -0.05) is 84.9 Å². The highest BCUT2D eigenvalue weighted by molar-refractivity contribution is 6.16. The van der Waals surface area contributed by atoms with Gasteiger partial charge in [0.2, 0.25) is 0 Å². The van der Waals surface area contributed by atoms with Crippen LogP contribution in [0.1, 0.15) is 33.4 Å². The van der Waals surface area contributed by atoms with Gasteiger partial charge < -0.3 is 9.47 Å². The minimum atomic E-state index is -0.667. The van der Waals surface area contributed by atoms with Crippen LogP contribution in [0.4, 0.5) is 0 Å². The maximum atomic E-state index is 6.91. The molecule has 0 bridgehead atoms. The van der Waals surface area contributed by atoms with Crippen molar-refractivity contribution in [1.29, 1.82) is 0 Å². The predicted molar refractivity (Wildman–Crippen MR) is 151 cm³/mol. The first-order chi connectivity index (χ1) is 18.8. The molecule has 0 aliphatic heterocycles. The molecule has 6 aromatic rings. The number of fused-ring (bicyclic) bond motifs is 4. The third kappa shape index (κ3) is 1.50. The molecule has 0 saturated carbocycles. The molecular weight excluding hydrogens is 464 g/mol. The van der Waals surface area contributed by atoms with E-state index in [0.717, 1.165) is 0 Å². The average Bonchev–Trinajstić information content (AvgIpc) is 3.45. The lowest BCUT2D eigenvalue weighted by Gasteiger charge is -2.50. The summed E-state index contributed by atoms with van der Waals surface area (Å²) in [6, 6.07) is 32.0. The van der Waals surface area contributed by atoms with Crippen LogP contribution in [0, 0.1) is 0 Å². The maximum absolute atomic E-state index is 6.91. The Kier molecular flexibility index (Phi) is 2.72. The van der Waals surface area contributed by atoms with Crippen molar-refractivity contribution in [3.8, 4) is 44.5 Å². The van der Waals surface area contributed by atoms with Gasteiger partial charge in [0.1, 0.15) is 11.2 Å². The number of benzene rings is 6. The van der Waals surface area contributed by atoms with Gasteiger partial charge in [-0.3, -0.25) is 0 Å². The Morgan fingerprint density at radius 1 is 0.368 bits per heavy atom. The minimum absolute atomic E-state index is 0.667. The number of rotatable bonds is 2. The first-order valence-electron chi connectivity index (χ1n) is 13.4. The quantitative estimate of drug-likeness (QED) is 0.247. The Labute approximate surface area is 219 Å². The van der Waals surface area contributed by atoms with Crippen molar-refractivity contribution in [2.75, 3.05) is 14.2 Å². The summed E-state index contributed by atoms with van der Waals surface area (Å²) in [4.78, 5) is 0. The summed E-state index contributed by atoms with van der Waals surface area (Å²) in [5, 5.41) is 5.18. The van der Waals surface area contributed by atoms with E-state index in [4.69, 9.17) is 9.47 Å². The minimum Gasteiger partial charge on any atom is -0.364 e. The van der Waals surface area contributed by atoms with Gasteiger partial charge in [-0.2, -0.15) is 0 Å². The SMILES string of the molecule is COC12c3c4ccc5c3C3(OC)c6c(ccc(c61)-c1cccc6ccc-4c2c16)-c1cccc2ccc-5c3c12. The Morgan fingerprint density at radius 2 is 0.711 bits per heavy atom. The van der Waals surface area contributed by atoms with Gasteiger partial charge in [-0.25, -0.2) is 0 Å². The first kappa shape index (κ1) is 18.9. The topological polar surface area (TPSA) is 18.5 Å². The summed E-state index contributed by atoms with van der Waals surface area (Å²) in [6.45, 7) is 0. The lowest BCUT2D eigenvalue weighted by Crippen LogP contribution is -2.46. The molecule has 0 amide bonds. The summed E-state index contributed by atoms with van der Waals surface area (Å²) in [5.41, 5.74) is 16.6. The molecule has 0 fully saturated rings. The van der Waals surface area contributed by atoms with Crippen molar-refractivity contribution in [2.24, 2.45) is 0 Å². The van der Waals surface area contributed by atoms with Crippen LogP contribution in [0.2, 0.25) is 0 Å². The fourth-order valence-corrected chi connectivity index (χ4v) is 9.32. The van der Waals surface area contributed by atoms with Crippen LogP contribution in [0.3, 0.4) is 0 Å². The van der Waals surface area contributed by atoms with Crippen molar-refractivity contribution in [3.05, 3.63) is 118 Å². The second kappa shape index (κ2) is 5.47. The van der Waals surface area contributed by atoms with Crippen LogP contribution in [0.5, 0.6) is 0 Å². The number of hydrogen-bond donors (Lipinski definition) is 0. The highest BCUT2D eigenvalue weighted by Crippen LogP contribution is 2.73. The zero-order valence-electron chi connectivity index (χ0n) is 20.9. The lowest BCUT2D eigenvalue weighted by atomic mass is 9.58. The fraction of sp³-hybridized carbons (Fsp3) is 0.111. The molecule has 0 heterocycles. The summed E-state index contributed by atoms with van der Waals surface area (Å²) >= 11 is 0. The van der Waals surface area contributed by atoms with Gasteiger partial charge in [0, 0.05) is 47.6 Å². The molecule has 176 valence electrons. The van der Waals surface area contributed by atoms with Crippen LogP contribution in [0.15, 0.2) is 84.9 Å². The van der Waals surface area contributed by atoms with Crippen LogP contribution in [-0.2, 0) is 20.7 Å². The first-order valence-corrected chi connectivity index (χ1v) is 13.4. The van der Waals surface area contributed by atoms with Gasteiger partial charge in [0.25, 0.3) is 0 Å². The third-order valence-electron chi connectivity index (χ3n) is 10.4. The summed E-state index contributed by atoms with van der Waals surface area (Å²) in [7, 11) is 3.82. The molecule has 0 N–H and O–H groups in total. The van der Waals surface area contributed by atoms with Gasteiger partial charge in [0.15, 0.2) is 0 Å². The Bertz CT molecular complexity index is 2060. The Balaban J connectivity index is 1.54. The molecule has 38 heavy (non-hydrogen) atoms. The highest BCUT2D eigenvalue weighted by Gasteiger charge is 2.65. The van der Waals surface area contributed by atoms with Crippen molar-refractivity contribution in [1.82, 2.24) is 0 Å². The van der Waals surface area contributed by atoms with Crippen molar-refractivity contribution in [2.45, 2.75) is 11.2 Å². The molecule has 2 unspecified atom stereocenters. The highest BCUT2D eigenvalue weighted by atomic mass is 16.5. The van der Waals surface area contributed by atoms with Gasteiger partial charge >= 0.3 is 0 Å². The fourth-order valence-electron chi connectivity index (χ4n) is 9.32. The summed E-state index contributed by atoms with van der Waals surface area (Å²) < 4.78 is 13.8. The second-order valence-electron chi connectivity index (χ2n) is 11.4. The van der Waals surface area contributed by atoms with Crippen molar-refractivity contribution >= 4 is 21.5 Å². The lowest BCUT2D eigenvalue weighted by molar-refractivity contribution is 0.0229. The van der Waals surface area contributed by atoms with Gasteiger partial charge in [-0.15, -0.1) is 0 Å². The molecule has 2 atom stereocenters. The van der Waals surface area contributed by atoms with Crippen LogP contribution >= 0.6 is 0 Å². The number of methoxy groups -OCH3 is 2. The van der Waals surface area contributed by atoms with Gasteiger partial charge in [0.05, 0.1) is 0 Å². The predicted octanol–water partition coefficient (Wildman–Crippen LogP) is 8.10. The van der Waals surface area contributed by atoms with Gasteiger partial charge in [-0.05, 0) is 66.1 Å². The van der Waals surface area contributed by atoms with E-state index in [2.05, 4.69) is 84.9 Å². The number of hydrogen-bond acceptors (Lipinski definition) is 2. The normalized spacial score (nSPS) is 22.4. The average molecular weight is 485 g/mol.